The van der Waals surface area contributed by atoms with Gasteiger partial charge in [-0.1, -0.05) is 36.4 Å². The van der Waals surface area contributed by atoms with Crippen LogP contribution in [0.25, 0.3) is 0 Å². The molecular formula is C17H22ClNO3. The number of aromatic hydroxyl groups is 1. The number of aliphatic hydroxyl groups excluding tert-OH is 1. The molecule has 0 aliphatic carbocycles. The van der Waals surface area contributed by atoms with Gasteiger partial charge in [-0.15, -0.1) is 12.4 Å². The lowest BCUT2D eigenvalue weighted by Crippen LogP contribution is -2.36. The molecule has 2 unspecified atom stereocenters. The number of β-amino-alcohol motifs (C(OH)–C–C–N with tert-alkyl or cyclic N) is 1. The first-order valence-electron chi connectivity index (χ1n) is 6.94. The number of hydrogen-bond donors (Lipinski definition) is 2. The fourth-order valence-electron chi connectivity index (χ4n) is 2.93. The minimum Gasteiger partial charge on any atom is -0.508 e. The molecule has 2 atom stereocenters. The van der Waals surface area contributed by atoms with Gasteiger partial charge in [-0.3, -0.25) is 4.90 Å². The van der Waals surface area contributed by atoms with Gasteiger partial charge >= 0.3 is 0 Å². The number of benzene rings is 2. The normalized spacial score (nSPS) is 20.5. The Balaban J connectivity index is 0.00000121. The first-order chi connectivity index (χ1) is 9.65. The molecule has 22 heavy (non-hydrogen) atoms. The van der Waals surface area contributed by atoms with E-state index in [4.69, 9.17) is 0 Å². The maximum Gasteiger partial charge on any atom is 0.115 e. The second kappa shape index (κ2) is 7.61. The van der Waals surface area contributed by atoms with Crippen LogP contribution in [-0.4, -0.2) is 27.1 Å². The van der Waals surface area contributed by atoms with Crippen LogP contribution >= 0.6 is 12.4 Å². The van der Waals surface area contributed by atoms with Crippen LogP contribution in [0.4, 0.5) is 0 Å². The summed E-state index contributed by atoms with van der Waals surface area (Å²) in [5, 5.41) is 19.9. The molecule has 3 rings (SSSR count). The van der Waals surface area contributed by atoms with Crippen LogP contribution in [0.3, 0.4) is 0 Å². The largest absolute Gasteiger partial charge is 0.508 e. The van der Waals surface area contributed by atoms with Crippen molar-refractivity contribution in [2.24, 2.45) is 0 Å². The van der Waals surface area contributed by atoms with Crippen LogP contribution in [0.1, 0.15) is 35.8 Å². The fourth-order valence-corrected chi connectivity index (χ4v) is 2.93. The monoisotopic (exact) mass is 323 g/mol. The van der Waals surface area contributed by atoms with Gasteiger partial charge in [0.15, 0.2) is 0 Å². The predicted molar refractivity (Wildman–Crippen MR) is 89.2 cm³/mol. The lowest BCUT2D eigenvalue weighted by molar-refractivity contribution is 0.0664. The van der Waals surface area contributed by atoms with Gasteiger partial charge in [0.1, 0.15) is 5.75 Å². The molecule has 4 N–H and O–H groups in total. The van der Waals surface area contributed by atoms with Crippen molar-refractivity contribution in [3.8, 4) is 5.75 Å². The third kappa shape index (κ3) is 3.59. The standard InChI is InChI=1S/C17H19NO2.ClH.H2O/c1-12-15-8-7-14(19)9-16(15)17(20)11-18(12)10-13-5-3-2-4-6-13;;/h2-9,12,17,19-20H,10-11H2,1H3;1H;1H2. The molecule has 1 aliphatic rings. The Morgan fingerprint density at radius 2 is 1.77 bits per heavy atom. The number of phenolic OH excluding ortho intramolecular Hbond substituents is 1. The number of nitrogens with zero attached hydrogens (tertiary/aromatic N) is 1. The quantitative estimate of drug-likeness (QED) is 0.892. The molecule has 2 aromatic rings. The van der Waals surface area contributed by atoms with Crippen LogP contribution < -0.4 is 0 Å². The Morgan fingerprint density at radius 3 is 2.45 bits per heavy atom. The first-order valence-corrected chi connectivity index (χ1v) is 6.94. The van der Waals surface area contributed by atoms with Gasteiger partial charge in [-0.25, -0.2) is 0 Å². The maximum atomic E-state index is 10.3. The molecule has 0 radical (unpaired) electrons. The molecule has 5 heteroatoms. The lowest BCUT2D eigenvalue weighted by atomic mass is 9.91. The molecule has 0 saturated carbocycles. The van der Waals surface area contributed by atoms with Crippen molar-refractivity contribution >= 4 is 12.4 Å². The first kappa shape index (κ1) is 18.5. The second-order valence-corrected chi connectivity index (χ2v) is 5.42. The summed E-state index contributed by atoms with van der Waals surface area (Å²) in [6.07, 6.45) is -0.544. The minimum absolute atomic E-state index is 0. The number of halogens is 1. The molecule has 0 aromatic heterocycles. The molecule has 0 amide bonds. The van der Waals surface area contributed by atoms with Crippen molar-refractivity contribution in [3.05, 3.63) is 65.2 Å². The van der Waals surface area contributed by atoms with Crippen LogP contribution in [0.2, 0.25) is 0 Å². The van der Waals surface area contributed by atoms with Crippen molar-refractivity contribution in [3.63, 3.8) is 0 Å². The van der Waals surface area contributed by atoms with Crippen LogP contribution in [0, 0.1) is 0 Å². The SMILES string of the molecule is CC1c2ccc(O)cc2C(O)CN1Cc1ccccc1.Cl.O. The molecule has 1 heterocycles. The highest BCUT2D eigenvalue weighted by atomic mass is 35.5. The highest BCUT2D eigenvalue weighted by Gasteiger charge is 2.29. The highest BCUT2D eigenvalue weighted by Crippen LogP contribution is 2.37. The lowest BCUT2D eigenvalue weighted by Gasteiger charge is -2.38. The smallest absolute Gasteiger partial charge is 0.115 e. The summed E-state index contributed by atoms with van der Waals surface area (Å²) in [5.41, 5.74) is 3.19. The van der Waals surface area contributed by atoms with E-state index < -0.39 is 6.10 Å². The van der Waals surface area contributed by atoms with Crippen molar-refractivity contribution in [1.29, 1.82) is 0 Å². The van der Waals surface area contributed by atoms with Gasteiger partial charge in [-0.2, -0.15) is 0 Å². The van der Waals surface area contributed by atoms with Crippen LogP contribution in [0.15, 0.2) is 48.5 Å². The fraction of sp³-hybridized carbons (Fsp3) is 0.294. The molecule has 0 bridgehead atoms. The summed E-state index contributed by atoms with van der Waals surface area (Å²) < 4.78 is 0. The zero-order chi connectivity index (χ0) is 14.1. The number of rotatable bonds is 2. The third-order valence-electron chi connectivity index (χ3n) is 4.06. The predicted octanol–water partition coefficient (Wildman–Crippen LogP) is 2.60. The average molecular weight is 324 g/mol. The zero-order valence-electron chi connectivity index (χ0n) is 12.4. The van der Waals surface area contributed by atoms with Crippen molar-refractivity contribution in [2.45, 2.75) is 25.6 Å². The van der Waals surface area contributed by atoms with Crippen molar-refractivity contribution in [2.75, 3.05) is 6.54 Å². The molecule has 1 aliphatic heterocycles. The highest BCUT2D eigenvalue weighted by molar-refractivity contribution is 5.85. The number of phenols is 1. The van der Waals surface area contributed by atoms with E-state index in [0.29, 0.717) is 6.54 Å². The van der Waals surface area contributed by atoms with Crippen LogP contribution in [-0.2, 0) is 6.54 Å². The number of fused-ring (bicyclic) bond motifs is 1. The van der Waals surface area contributed by atoms with E-state index in [-0.39, 0.29) is 29.7 Å². The Bertz CT molecular complexity index is 606. The molecule has 0 saturated heterocycles. The molecule has 2 aromatic carbocycles. The van der Waals surface area contributed by atoms with E-state index in [9.17, 15) is 10.2 Å². The minimum atomic E-state index is -0.544. The Kier molecular flexibility index (Phi) is 6.38. The van der Waals surface area contributed by atoms with Gasteiger partial charge < -0.3 is 15.7 Å². The zero-order valence-corrected chi connectivity index (χ0v) is 13.3. The Hall–Kier alpha value is -1.59. The topological polar surface area (TPSA) is 75.2 Å². The van der Waals surface area contributed by atoms with Gasteiger partial charge in [0.2, 0.25) is 0 Å². The van der Waals surface area contributed by atoms with Gasteiger partial charge in [0, 0.05) is 19.1 Å². The third-order valence-corrected chi connectivity index (χ3v) is 4.06. The molecule has 4 nitrogen and oxygen atoms in total. The van der Waals surface area contributed by atoms with Crippen molar-refractivity contribution < 1.29 is 15.7 Å². The second-order valence-electron chi connectivity index (χ2n) is 5.42. The molecular weight excluding hydrogens is 302 g/mol. The summed E-state index contributed by atoms with van der Waals surface area (Å²) >= 11 is 0. The van der Waals surface area contributed by atoms with E-state index in [1.54, 1.807) is 12.1 Å². The summed E-state index contributed by atoms with van der Waals surface area (Å²) in [6, 6.07) is 15.8. The maximum absolute atomic E-state index is 10.3. The van der Waals surface area contributed by atoms with E-state index in [1.165, 1.54) is 5.56 Å². The van der Waals surface area contributed by atoms with Gasteiger partial charge in [0.05, 0.1) is 6.10 Å². The summed E-state index contributed by atoms with van der Waals surface area (Å²) in [4.78, 5) is 2.26. The van der Waals surface area contributed by atoms with Crippen LogP contribution in [0.5, 0.6) is 5.75 Å². The number of hydrogen-bond acceptors (Lipinski definition) is 3. The summed E-state index contributed by atoms with van der Waals surface area (Å²) in [6.45, 7) is 3.55. The molecule has 0 fully saturated rings. The van der Waals surface area contributed by atoms with Crippen molar-refractivity contribution in [1.82, 2.24) is 4.90 Å². The number of aliphatic hydroxyl groups is 1. The van der Waals surface area contributed by atoms with E-state index in [2.05, 4.69) is 24.0 Å². The van der Waals surface area contributed by atoms with E-state index >= 15 is 0 Å². The van der Waals surface area contributed by atoms with E-state index in [0.717, 1.165) is 17.7 Å². The Morgan fingerprint density at radius 1 is 1.09 bits per heavy atom. The van der Waals surface area contributed by atoms with Gasteiger partial charge in [0.25, 0.3) is 0 Å². The average Bonchev–Trinajstić information content (AvgIpc) is 2.45. The summed E-state index contributed by atoms with van der Waals surface area (Å²) in [7, 11) is 0. The molecule has 120 valence electrons. The Labute approximate surface area is 136 Å². The van der Waals surface area contributed by atoms with E-state index in [1.807, 2.05) is 24.3 Å². The van der Waals surface area contributed by atoms with Gasteiger partial charge in [-0.05, 0) is 35.7 Å². The summed E-state index contributed by atoms with van der Waals surface area (Å²) in [5.74, 6) is 0.214. The molecule has 0 spiro atoms.